The molecular formula is C18H17BrFNO. The monoisotopic (exact) mass is 361 g/mol. The fraction of sp³-hybridized carbons (Fsp3) is 0.167. The smallest absolute Gasteiger partial charge is 0.246 e. The molecule has 0 N–H and O–H groups in total. The Morgan fingerprint density at radius 1 is 1.27 bits per heavy atom. The van der Waals surface area contributed by atoms with Crippen LogP contribution >= 0.6 is 15.9 Å². The normalized spacial score (nSPS) is 10.9. The molecule has 22 heavy (non-hydrogen) atoms. The third-order valence-corrected chi connectivity index (χ3v) is 3.99. The summed E-state index contributed by atoms with van der Waals surface area (Å²) in [6.45, 7) is 2.25. The number of nitrogens with zero attached hydrogens (tertiary/aromatic N) is 1. The van der Waals surface area contributed by atoms with Gasteiger partial charge in [0.1, 0.15) is 5.82 Å². The summed E-state index contributed by atoms with van der Waals surface area (Å²) in [5.74, 6) is -0.469. The quantitative estimate of drug-likeness (QED) is 0.730. The maximum Gasteiger partial charge on any atom is 0.246 e. The van der Waals surface area contributed by atoms with Gasteiger partial charge in [0, 0.05) is 29.7 Å². The highest BCUT2D eigenvalue weighted by molar-refractivity contribution is 9.10. The fourth-order valence-electron chi connectivity index (χ4n) is 2.02. The van der Waals surface area contributed by atoms with Crippen molar-refractivity contribution in [3.8, 4) is 0 Å². The first-order valence-electron chi connectivity index (χ1n) is 6.90. The standard InChI is InChI=1S/C18H17BrFNO/c1-13-7-8-14(16(19)11-13)9-10-18(22)21(2)12-15-5-3-4-6-17(15)20/h3-11H,12H2,1-2H3/b10-9+. The third-order valence-electron chi connectivity index (χ3n) is 3.30. The van der Waals surface area contributed by atoms with Crippen LogP contribution in [0.25, 0.3) is 6.08 Å². The van der Waals surface area contributed by atoms with E-state index in [2.05, 4.69) is 15.9 Å². The molecule has 2 rings (SSSR count). The Bertz CT molecular complexity index is 712. The van der Waals surface area contributed by atoms with Gasteiger partial charge >= 0.3 is 0 Å². The number of hydrogen-bond acceptors (Lipinski definition) is 1. The highest BCUT2D eigenvalue weighted by Gasteiger charge is 2.09. The molecule has 1 amide bonds. The van der Waals surface area contributed by atoms with E-state index in [0.29, 0.717) is 5.56 Å². The van der Waals surface area contributed by atoms with Crippen molar-refractivity contribution in [2.45, 2.75) is 13.5 Å². The number of likely N-dealkylation sites (N-methyl/N-ethyl adjacent to an activating group) is 1. The number of benzene rings is 2. The van der Waals surface area contributed by atoms with Crippen molar-refractivity contribution in [3.05, 3.63) is 75.5 Å². The van der Waals surface area contributed by atoms with Crippen molar-refractivity contribution < 1.29 is 9.18 Å². The van der Waals surface area contributed by atoms with Crippen LogP contribution in [0.3, 0.4) is 0 Å². The second kappa shape index (κ2) is 7.36. The molecule has 0 aliphatic carbocycles. The van der Waals surface area contributed by atoms with E-state index in [9.17, 15) is 9.18 Å². The number of hydrogen-bond donors (Lipinski definition) is 0. The summed E-state index contributed by atoms with van der Waals surface area (Å²) in [4.78, 5) is 13.6. The first kappa shape index (κ1) is 16.4. The molecule has 4 heteroatoms. The Labute approximate surface area is 138 Å². The van der Waals surface area contributed by atoms with E-state index >= 15 is 0 Å². The van der Waals surface area contributed by atoms with E-state index < -0.39 is 0 Å². The molecule has 0 fully saturated rings. The lowest BCUT2D eigenvalue weighted by Crippen LogP contribution is -2.24. The van der Waals surface area contributed by atoms with E-state index in [1.165, 1.54) is 17.0 Å². The van der Waals surface area contributed by atoms with E-state index in [1.807, 2.05) is 25.1 Å². The van der Waals surface area contributed by atoms with E-state index in [1.54, 1.807) is 31.3 Å². The Hall–Kier alpha value is -1.94. The Kier molecular flexibility index (Phi) is 5.50. The summed E-state index contributed by atoms with van der Waals surface area (Å²) < 4.78 is 14.5. The van der Waals surface area contributed by atoms with Gasteiger partial charge in [0.2, 0.25) is 5.91 Å². The van der Waals surface area contributed by atoms with Gasteiger partial charge in [-0.05, 0) is 36.3 Å². The van der Waals surface area contributed by atoms with Crippen LogP contribution in [0.2, 0.25) is 0 Å². The molecule has 0 aliphatic heterocycles. The molecule has 0 aromatic heterocycles. The summed E-state index contributed by atoms with van der Waals surface area (Å²) in [7, 11) is 1.66. The van der Waals surface area contributed by atoms with Gasteiger partial charge in [-0.15, -0.1) is 0 Å². The molecular weight excluding hydrogens is 345 g/mol. The second-order valence-corrected chi connectivity index (χ2v) is 6.00. The number of aryl methyl sites for hydroxylation is 1. The van der Waals surface area contributed by atoms with Crippen LogP contribution in [0.5, 0.6) is 0 Å². The SMILES string of the molecule is Cc1ccc(/C=C/C(=O)N(C)Cc2ccccc2F)c(Br)c1. The van der Waals surface area contributed by atoms with Crippen molar-refractivity contribution in [2.75, 3.05) is 7.05 Å². The molecule has 0 bridgehead atoms. The first-order valence-corrected chi connectivity index (χ1v) is 7.69. The largest absolute Gasteiger partial charge is 0.338 e. The Balaban J connectivity index is 2.05. The van der Waals surface area contributed by atoms with Gasteiger partial charge < -0.3 is 4.90 Å². The molecule has 0 unspecified atom stereocenters. The summed E-state index contributed by atoms with van der Waals surface area (Å²) in [6.07, 6.45) is 3.25. The molecule has 0 heterocycles. The average molecular weight is 362 g/mol. The molecule has 0 spiro atoms. The van der Waals surface area contributed by atoms with Crippen molar-refractivity contribution in [1.82, 2.24) is 4.90 Å². The van der Waals surface area contributed by atoms with Crippen LogP contribution in [-0.4, -0.2) is 17.9 Å². The lowest BCUT2D eigenvalue weighted by molar-refractivity contribution is -0.125. The highest BCUT2D eigenvalue weighted by Crippen LogP contribution is 2.19. The molecule has 114 valence electrons. The van der Waals surface area contributed by atoms with Crippen molar-refractivity contribution in [1.29, 1.82) is 0 Å². The Morgan fingerprint density at radius 2 is 2.00 bits per heavy atom. The molecule has 2 aromatic rings. The maximum atomic E-state index is 13.6. The predicted molar refractivity (Wildman–Crippen MR) is 90.8 cm³/mol. The Morgan fingerprint density at radius 3 is 2.68 bits per heavy atom. The molecule has 2 nitrogen and oxygen atoms in total. The van der Waals surface area contributed by atoms with Crippen LogP contribution in [-0.2, 0) is 11.3 Å². The van der Waals surface area contributed by atoms with Gasteiger partial charge in [-0.25, -0.2) is 4.39 Å². The number of halogens is 2. The molecule has 0 radical (unpaired) electrons. The van der Waals surface area contributed by atoms with Gasteiger partial charge in [0.15, 0.2) is 0 Å². The van der Waals surface area contributed by atoms with Crippen molar-refractivity contribution in [2.24, 2.45) is 0 Å². The first-order chi connectivity index (χ1) is 10.5. The molecule has 0 aliphatic rings. The van der Waals surface area contributed by atoms with E-state index in [4.69, 9.17) is 0 Å². The van der Waals surface area contributed by atoms with Crippen LogP contribution in [0, 0.1) is 12.7 Å². The van der Waals surface area contributed by atoms with Gasteiger partial charge in [-0.2, -0.15) is 0 Å². The van der Waals surface area contributed by atoms with Crippen LogP contribution in [0.15, 0.2) is 53.0 Å². The van der Waals surface area contributed by atoms with Crippen LogP contribution in [0.1, 0.15) is 16.7 Å². The minimum Gasteiger partial charge on any atom is -0.338 e. The lowest BCUT2D eigenvalue weighted by atomic mass is 10.1. The highest BCUT2D eigenvalue weighted by atomic mass is 79.9. The van der Waals surface area contributed by atoms with Gasteiger partial charge in [-0.1, -0.05) is 46.3 Å². The van der Waals surface area contributed by atoms with Crippen LogP contribution in [0.4, 0.5) is 4.39 Å². The van der Waals surface area contributed by atoms with Crippen molar-refractivity contribution >= 4 is 27.9 Å². The minimum atomic E-state index is -0.299. The van der Waals surface area contributed by atoms with Gasteiger partial charge in [0.25, 0.3) is 0 Å². The predicted octanol–water partition coefficient (Wildman–Crippen LogP) is 4.57. The van der Waals surface area contributed by atoms with E-state index in [0.717, 1.165) is 15.6 Å². The third kappa shape index (κ3) is 4.28. The number of carbonyl (C=O) groups is 1. The maximum absolute atomic E-state index is 13.6. The summed E-state index contributed by atoms with van der Waals surface area (Å²) in [5.41, 5.74) is 2.58. The fourth-order valence-corrected chi connectivity index (χ4v) is 2.64. The number of carbonyl (C=O) groups excluding carboxylic acids is 1. The molecule has 2 aromatic carbocycles. The second-order valence-electron chi connectivity index (χ2n) is 5.14. The van der Waals surface area contributed by atoms with Gasteiger partial charge in [-0.3, -0.25) is 4.79 Å². The van der Waals surface area contributed by atoms with Crippen molar-refractivity contribution in [3.63, 3.8) is 0 Å². The summed E-state index contributed by atoms with van der Waals surface area (Å²) in [6, 6.07) is 12.4. The zero-order valence-corrected chi connectivity index (χ0v) is 14.1. The van der Waals surface area contributed by atoms with E-state index in [-0.39, 0.29) is 18.3 Å². The summed E-state index contributed by atoms with van der Waals surface area (Å²) >= 11 is 3.47. The molecule has 0 atom stereocenters. The topological polar surface area (TPSA) is 20.3 Å². The zero-order chi connectivity index (χ0) is 16.1. The minimum absolute atomic E-state index is 0.171. The zero-order valence-electron chi connectivity index (χ0n) is 12.5. The number of rotatable bonds is 4. The summed E-state index contributed by atoms with van der Waals surface area (Å²) in [5, 5.41) is 0. The lowest BCUT2D eigenvalue weighted by Gasteiger charge is -2.15. The van der Waals surface area contributed by atoms with Gasteiger partial charge in [0.05, 0.1) is 0 Å². The number of amides is 1. The average Bonchev–Trinajstić information content (AvgIpc) is 2.48. The molecule has 0 saturated carbocycles. The molecule has 0 saturated heterocycles. The van der Waals surface area contributed by atoms with Crippen LogP contribution < -0.4 is 0 Å².